The number of amides is 12. The molecule has 42 heteroatoms. The first-order valence-electron chi connectivity index (χ1n) is 45.8. The van der Waals surface area contributed by atoms with Crippen molar-refractivity contribution in [1.29, 1.82) is 0 Å². The fourth-order valence-electron chi connectivity index (χ4n) is 19.9. The molecule has 2 aromatic heterocycles. The van der Waals surface area contributed by atoms with Crippen LogP contribution in [0.3, 0.4) is 0 Å². The van der Waals surface area contributed by atoms with Crippen LogP contribution in [0.1, 0.15) is 150 Å². The van der Waals surface area contributed by atoms with E-state index in [-0.39, 0.29) is 221 Å². The summed E-state index contributed by atoms with van der Waals surface area (Å²) in [6.45, 7) is 15.6. The number of primary amides is 2. The van der Waals surface area contributed by atoms with E-state index in [0.29, 0.717) is 49.1 Å². The van der Waals surface area contributed by atoms with Gasteiger partial charge in [-0.1, -0.05) is 66.7 Å². The molecule has 0 spiro atoms. The van der Waals surface area contributed by atoms with E-state index in [0.717, 1.165) is 30.2 Å². The van der Waals surface area contributed by atoms with Crippen LogP contribution in [0, 0.1) is 58.2 Å². The molecule has 4 saturated carbocycles. The third kappa shape index (κ3) is 32.2. The topological polar surface area (TPSA) is 605 Å². The Morgan fingerprint density at radius 1 is 0.580 bits per heavy atom. The summed E-state index contributed by atoms with van der Waals surface area (Å²) in [4.78, 5) is 216. The number of rotatable bonds is 50. The number of aliphatic hydroxyl groups is 2. The van der Waals surface area contributed by atoms with Crippen LogP contribution >= 0.6 is 11.8 Å². The largest absolute Gasteiger partial charge is 0.480 e. The van der Waals surface area contributed by atoms with Crippen molar-refractivity contribution < 1.29 is 107 Å². The third-order valence-electron chi connectivity index (χ3n) is 27.0. The summed E-state index contributed by atoms with van der Waals surface area (Å²) in [6, 6.07) is -1.78. The summed E-state index contributed by atoms with van der Waals surface area (Å²) in [7, 11) is 0. The van der Waals surface area contributed by atoms with E-state index in [1.54, 1.807) is 40.8 Å². The summed E-state index contributed by atoms with van der Waals surface area (Å²) >= 11 is 1.46. The van der Waals surface area contributed by atoms with Crippen molar-refractivity contribution in [3.05, 3.63) is 54.2 Å². The number of aliphatic carboxylic acids is 3. The number of fused-ring (bicyclic) bond motifs is 6. The first-order valence-corrected chi connectivity index (χ1v) is 47.1. The normalized spacial score (nSPS) is 24.0. The van der Waals surface area contributed by atoms with Gasteiger partial charge in [0.1, 0.15) is 48.9 Å². The van der Waals surface area contributed by atoms with Crippen LogP contribution < -0.4 is 64.6 Å². The number of nitrogens with one attached hydrogen (secondary N) is 12. The molecule has 5 aliphatic rings. The van der Waals surface area contributed by atoms with Gasteiger partial charge < -0.3 is 110 Å². The number of nitrogens with two attached hydrogens (primary N) is 2. The Balaban J connectivity index is 0.798. The number of benzene rings is 1. The average molecular weight is 1860 g/mol. The molecule has 12 amide bonds. The van der Waals surface area contributed by atoms with Gasteiger partial charge in [-0.25, -0.2) is 4.98 Å². The van der Waals surface area contributed by atoms with E-state index in [1.165, 1.54) is 31.2 Å². The van der Waals surface area contributed by atoms with E-state index in [1.807, 2.05) is 50.1 Å². The number of carbonyl (C=O) groups is 15. The lowest BCUT2D eigenvalue weighted by molar-refractivity contribution is -0.202. The molecular formula is C89H141N19O22S. The first kappa shape index (κ1) is 106. The van der Waals surface area contributed by atoms with E-state index in [9.17, 15) is 97.5 Å². The molecular weight excluding hydrogens is 1720 g/mol. The minimum Gasteiger partial charge on any atom is -0.480 e. The second-order valence-corrected chi connectivity index (χ2v) is 38.2. The van der Waals surface area contributed by atoms with E-state index in [2.05, 4.69) is 82.0 Å². The third-order valence-corrected chi connectivity index (χ3v) is 27.7. The molecule has 730 valence electrons. The number of para-hydroxylation sites is 1. The van der Waals surface area contributed by atoms with Crippen LogP contribution in [0.15, 0.2) is 43.0 Å². The Labute approximate surface area is 768 Å². The van der Waals surface area contributed by atoms with E-state index >= 15 is 0 Å². The number of nitrogens with zero attached hydrogens (tertiary/aromatic N) is 5. The molecule has 4 aliphatic carbocycles. The number of hydrogen-bond acceptors (Lipinski definition) is 25. The predicted molar refractivity (Wildman–Crippen MR) is 483 cm³/mol. The molecule has 3 heterocycles. The van der Waals surface area contributed by atoms with E-state index in [4.69, 9.17) is 20.9 Å². The molecule has 0 bridgehead atoms. The molecule has 21 N–H and O–H groups in total. The average Bonchev–Trinajstić information content (AvgIpc) is 1.69. The molecule has 0 radical (unpaired) electrons. The zero-order valence-electron chi connectivity index (χ0n) is 77.0. The zero-order valence-corrected chi connectivity index (χ0v) is 77.8. The molecule has 131 heavy (non-hydrogen) atoms. The summed E-state index contributed by atoms with van der Waals surface area (Å²) in [5, 5.41) is 81.5. The smallest absolute Gasteiger partial charge is 0.317 e. The Kier molecular flexibility index (Phi) is 41.7. The Hall–Kier alpha value is -9.95. The van der Waals surface area contributed by atoms with Gasteiger partial charge in [0.2, 0.25) is 70.9 Å². The van der Waals surface area contributed by atoms with Gasteiger partial charge in [0.15, 0.2) is 0 Å². The minimum atomic E-state index is -1.41. The number of aromatic nitrogens is 3. The summed E-state index contributed by atoms with van der Waals surface area (Å²) in [5.41, 5.74) is 12.2. The number of carboxylic acids is 3. The van der Waals surface area contributed by atoms with Gasteiger partial charge in [0.05, 0.1) is 71.1 Å². The van der Waals surface area contributed by atoms with Crippen LogP contribution in [0.5, 0.6) is 0 Å². The molecule has 4 unspecified atom stereocenters. The van der Waals surface area contributed by atoms with E-state index < -0.39 is 149 Å². The van der Waals surface area contributed by atoms with Gasteiger partial charge in [0, 0.05) is 120 Å². The number of aliphatic hydroxyl groups excluding tert-OH is 2. The van der Waals surface area contributed by atoms with Crippen molar-refractivity contribution in [2.45, 2.75) is 212 Å². The van der Waals surface area contributed by atoms with Crippen LogP contribution in [-0.4, -0.2) is 339 Å². The number of imidazole rings is 1. The number of thioether (sulfide) groups is 1. The second kappa shape index (κ2) is 51.3. The zero-order chi connectivity index (χ0) is 96.0. The monoisotopic (exact) mass is 1860 g/mol. The van der Waals surface area contributed by atoms with Crippen LogP contribution in [-0.2, 0) is 94.2 Å². The lowest BCUT2D eigenvalue weighted by Crippen LogP contribution is -2.63. The molecule has 5 fully saturated rings. The van der Waals surface area contributed by atoms with Gasteiger partial charge >= 0.3 is 17.9 Å². The maximum Gasteiger partial charge on any atom is 0.317 e. The van der Waals surface area contributed by atoms with Gasteiger partial charge in [0.25, 0.3) is 0 Å². The number of carboxylic acid groups (broad SMARTS) is 3. The highest BCUT2D eigenvalue weighted by molar-refractivity contribution is 7.98. The standard InChI is InChI=1S/C89H141N19O22S/c1-51(2)36-66(85(126)101-64(81(91)122)21-35-131-9)102-86(127)68(40-58-43-92-50-96-58)100-73(113)44-95-87(128)80(52(3)4)104-82(123)54(6)97-84(125)67(37-55-42-94-63-13-11-10-12-59(55)63)103-83(124)65(17-18-71(90)111)99-72(112)19-14-53(5)60-15-16-61-79-62(41-70(110)89(60,61)8)88(7)22-20-57(38-56(88)39-69(79)109)98-75(115)49-130-34-33-129-32-23-93-74(114)45-105-24-26-106(46-76(116)117)28-30-108(48-78(120)121)31-29-107(27-25-105)47-77(118)119/h10-13,42-43,50-54,56-57,60-62,64-70,79-80,94,109-110H,14-41,44-49H2,1-9H3,(H2,90,111)(H2,91,122)(H,92,96)(H,93,114)(H,95,128)(H,97,125)(H,98,115)(H,99,112)(H,100,113)(H,101,126)(H,102,127)(H,103,124)(H,104,123)(H,116,117)(H,118,119)(H,120,121)/t53-,54+,56?,57+,60-,61?,62?,64+,65+,66+,67+,68+,69-,70+,79?,80+,88+,89-/m1/s1. The van der Waals surface area contributed by atoms with Crippen molar-refractivity contribution in [2.24, 2.45) is 69.6 Å². The Bertz CT molecular complexity index is 4320. The Morgan fingerprint density at radius 2 is 1.17 bits per heavy atom. The van der Waals surface area contributed by atoms with Crippen molar-refractivity contribution in [1.82, 2.24) is 87.7 Å². The highest BCUT2D eigenvalue weighted by Crippen LogP contribution is 2.68. The fourth-order valence-corrected chi connectivity index (χ4v) is 20.4. The highest BCUT2D eigenvalue weighted by Gasteiger charge is 2.66. The molecule has 3 aromatic rings. The summed E-state index contributed by atoms with van der Waals surface area (Å²) in [5.74, 6) is -11.7. The first-order chi connectivity index (χ1) is 62.1. The predicted octanol–water partition coefficient (Wildman–Crippen LogP) is -1.46. The molecule has 8 rings (SSSR count). The molecule has 1 aliphatic heterocycles. The molecule has 1 saturated heterocycles. The minimum absolute atomic E-state index is 0.00419. The number of ether oxygens (including phenoxy) is 2. The summed E-state index contributed by atoms with van der Waals surface area (Å²) < 4.78 is 11.4. The number of carbonyl (C=O) groups excluding carboxylic acids is 12. The quantitative estimate of drug-likeness (QED) is 0.0287. The lowest BCUT2D eigenvalue weighted by Gasteiger charge is -2.63. The number of hydrogen-bond donors (Lipinski definition) is 19. The number of aromatic amines is 2. The summed E-state index contributed by atoms with van der Waals surface area (Å²) in [6.07, 6.45) is 9.43. The fraction of sp³-hybridized carbons (Fsp3) is 0.708. The van der Waals surface area contributed by atoms with Crippen LogP contribution in [0.2, 0.25) is 0 Å². The second-order valence-electron chi connectivity index (χ2n) is 37.2. The van der Waals surface area contributed by atoms with Gasteiger partial charge in [-0.15, -0.1) is 0 Å². The SMILES string of the molecule is CSCC[C@H](NC(=O)[C@H](CC(C)C)NC(=O)[C@H](Cc1cnc[nH]1)NC(=O)CNC(=O)[C@@H](NC(=O)[C@H](C)NC(=O)[C@H](Cc1c[nH]c2ccccc12)NC(=O)[C@H](CCC(N)=O)NC(=O)CC[C@@H](C)[C@H]1CCC2C3C(C[C@H](O)[C@@]21C)[C@@]1(C)CC[C@H](NC(=O)COCCOCCNC(=O)CN2CCN(CC(=O)O)CCN(CC(=O)O)CCN(CC(=O)O)CC2)CC1C[C@H]3O)C(C)C)C(N)=O. The van der Waals surface area contributed by atoms with Gasteiger partial charge in [-0.3, -0.25) is 91.5 Å². The van der Waals surface area contributed by atoms with Crippen LogP contribution in [0.25, 0.3) is 10.9 Å². The maximum absolute atomic E-state index is 14.7. The maximum atomic E-state index is 14.7. The van der Waals surface area contributed by atoms with Crippen molar-refractivity contribution >= 4 is 111 Å². The van der Waals surface area contributed by atoms with Crippen LogP contribution in [0.4, 0.5) is 0 Å². The van der Waals surface area contributed by atoms with Gasteiger partial charge in [-0.2, -0.15) is 11.8 Å². The highest BCUT2D eigenvalue weighted by atomic mass is 32.2. The van der Waals surface area contributed by atoms with Crippen molar-refractivity contribution in [3.63, 3.8) is 0 Å². The van der Waals surface area contributed by atoms with Crippen molar-refractivity contribution in [3.8, 4) is 0 Å². The lowest BCUT2D eigenvalue weighted by atomic mass is 9.43. The molecule has 41 nitrogen and oxygen atoms in total. The Morgan fingerprint density at radius 3 is 1.77 bits per heavy atom. The van der Waals surface area contributed by atoms with Crippen molar-refractivity contribution in [2.75, 3.05) is 130 Å². The molecule has 1 aromatic carbocycles. The molecule has 18 atom stereocenters. The number of H-pyrrole nitrogens is 2. The van der Waals surface area contributed by atoms with Gasteiger partial charge in [-0.05, 0) is 159 Å².